The first-order chi connectivity index (χ1) is 7.60. The Labute approximate surface area is 99.4 Å². The Bertz CT molecular complexity index is 402. The third kappa shape index (κ3) is 2.33. The summed E-state index contributed by atoms with van der Waals surface area (Å²) in [6.07, 6.45) is 3.46. The lowest BCUT2D eigenvalue weighted by Crippen LogP contribution is -2.47. The van der Waals surface area contributed by atoms with Gasteiger partial charge in [0.1, 0.15) is 5.15 Å². The largest absolute Gasteiger partial charge is 0.324 e. The van der Waals surface area contributed by atoms with Crippen LogP contribution in [0.2, 0.25) is 5.15 Å². The highest BCUT2D eigenvalue weighted by molar-refractivity contribution is 6.29. The van der Waals surface area contributed by atoms with Crippen LogP contribution < -0.4 is 10.6 Å². The lowest BCUT2D eigenvalue weighted by Gasteiger charge is -2.22. The van der Waals surface area contributed by atoms with E-state index in [-0.39, 0.29) is 5.91 Å². The zero-order valence-corrected chi connectivity index (χ0v) is 9.84. The number of rotatable bonds is 2. The summed E-state index contributed by atoms with van der Waals surface area (Å²) in [6.45, 7) is 2.80. The van der Waals surface area contributed by atoms with Gasteiger partial charge in [-0.1, -0.05) is 11.6 Å². The number of hydrogen-bond acceptors (Lipinski definition) is 3. The van der Waals surface area contributed by atoms with E-state index in [0.29, 0.717) is 10.8 Å². The summed E-state index contributed by atoms with van der Waals surface area (Å²) in [6, 6.07) is 3.36. The normalized spacial score (nSPS) is 24.4. The van der Waals surface area contributed by atoms with E-state index >= 15 is 0 Å². The number of nitrogens with one attached hydrogen (secondary N) is 2. The Balaban J connectivity index is 2.07. The SMILES string of the molecule is CC1(C(=O)Nc2ccnc(Cl)c2)CCCN1. The molecular weight excluding hydrogens is 226 g/mol. The average molecular weight is 240 g/mol. The minimum atomic E-state index is -0.463. The number of carbonyl (C=O) groups excluding carboxylic acids is 1. The Morgan fingerprint density at radius 3 is 3.12 bits per heavy atom. The molecule has 16 heavy (non-hydrogen) atoms. The molecule has 0 saturated carbocycles. The van der Waals surface area contributed by atoms with Crippen LogP contribution in [0.25, 0.3) is 0 Å². The first-order valence-corrected chi connectivity index (χ1v) is 5.66. The minimum absolute atomic E-state index is 0.0210. The van der Waals surface area contributed by atoms with Crippen LogP contribution in [0.1, 0.15) is 19.8 Å². The fraction of sp³-hybridized carbons (Fsp3) is 0.455. The van der Waals surface area contributed by atoms with Gasteiger partial charge in [0.2, 0.25) is 5.91 Å². The number of nitrogens with zero attached hydrogens (tertiary/aromatic N) is 1. The summed E-state index contributed by atoms with van der Waals surface area (Å²) < 4.78 is 0. The van der Waals surface area contributed by atoms with Crippen molar-refractivity contribution in [1.82, 2.24) is 10.3 Å². The molecule has 1 saturated heterocycles. The Hall–Kier alpha value is -1.13. The van der Waals surface area contributed by atoms with Crippen molar-refractivity contribution in [1.29, 1.82) is 0 Å². The monoisotopic (exact) mass is 239 g/mol. The van der Waals surface area contributed by atoms with Crippen LogP contribution >= 0.6 is 11.6 Å². The van der Waals surface area contributed by atoms with Gasteiger partial charge in [0.25, 0.3) is 0 Å². The maximum absolute atomic E-state index is 12.0. The van der Waals surface area contributed by atoms with Crippen LogP contribution in [0.15, 0.2) is 18.3 Å². The van der Waals surface area contributed by atoms with Crippen molar-refractivity contribution in [3.63, 3.8) is 0 Å². The van der Waals surface area contributed by atoms with E-state index in [0.717, 1.165) is 19.4 Å². The van der Waals surface area contributed by atoms with E-state index in [1.165, 1.54) is 0 Å². The highest BCUT2D eigenvalue weighted by atomic mass is 35.5. The molecule has 1 fully saturated rings. The molecular formula is C11H14ClN3O. The lowest BCUT2D eigenvalue weighted by molar-refractivity contribution is -0.121. The van der Waals surface area contributed by atoms with E-state index in [4.69, 9.17) is 11.6 Å². The third-order valence-electron chi connectivity index (χ3n) is 2.85. The van der Waals surface area contributed by atoms with E-state index in [1.54, 1.807) is 18.3 Å². The van der Waals surface area contributed by atoms with E-state index in [1.807, 2.05) is 6.92 Å². The van der Waals surface area contributed by atoms with Gasteiger partial charge >= 0.3 is 0 Å². The molecule has 0 radical (unpaired) electrons. The topological polar surface area (TPSA) is 54.0 Å². The summed E-state index contributed by atoms with van der Waals surface area (Å²) in [5, 5.41) is 6.42. The fourth-order valence-corrected chi connectivity index (χ4v) is 2.01. The predicted octanol–water partition coefficient (Wildman–Crippen LogP) is 1.82. The van der Waals surface area contributed by atoms with Gasteiger partial charge < -0.3 is 10.6 Å². The van der Waals surface area contributed by atoms with Gasteiger partial charge in [-0.25, -0.2) is 4.98 Å². The second kappa shape index (κ2) is 4.39. The van der Waals surface area contributed by atoms with Gasteiger partial charge in [0.05, 0.1) is 5.54 Å². The molecule has 1 aliphatic rings. The summed E-state index contributed by atoms with van der Waals surface area (Å²) in [7, 11) is 0. The number of hydrogen-bond donors (Lipinski definition) is 2. The lowest BCUT2D eigenvalue weighted by atomic mass is 9.99. The summed E-state index contributed by atoms with van der Waals surface area (Å²) in [5.41, 5.74) is 0.218. The number of anilines is 1. The first-order valence-electron chi connectivity index (χ1n) is 5.28. The molecule has 0 bridgehead atoms. The smallest absolute Gasteiger partial charge is 0.244 e. The van der Waals surface area contributed by atoms with Crippen molar-refractivity contribution < 1.29 is 4.79 Å². The molecule has 0 aliphatic carbocycles. The Morgan fingerprint density at radius 1 is 1.69 bits per heavy atom. The average Bonchev–Trinajstić information content (AvgIpc) is 2.66. The second-order valence-corrected chi connectivity index (χ2v) is 4.57. The maximum Gasteiger partial charge on any atom is 0.244 e. The van der Waals surface area contributed by atoms with Gasteiger partial charge in [0.15, 0.2) is 0 Å². The molecule has 1 aliphatic heterocycles. The number of aromatic nitrogens is 1. The van der Waals surface area contributed by atoms with Crippen LogP contribution in [0.3, 0.4) is 0 Å². The molecule has 1 amide bonds. The number of carbonyl (C=O) groups is 1. The van der Waals surface area contributed by atoms with Crippen LogP contribution in [-0.4, -0.2) is 23.0 Å². The molecule has 1 aromatic heterocycles. The molecule has 1 atom stereocenters. The molecule has 1 aromatic rings. The van der Waals surface area contributed by atoms with Gasteiger partial charge in [0, 0.05) is 11.9 Å². The molecule has 5 heteroatoms. The van der Waals surface area contributed by atoms with Crippen molar-refractivity contribution >= 4 is 23.2 Å². The third-order valence-corrected chi connectivity index (χ3v) is 3.06. The predicted molar refractivity (Wildman–Crippen MR) is 63.5 cm³/mol. The molecule has 86 valence electrons. The number of amides is 1. The first kappa shape index (κ1) is 11.4. The quantitative estimate of drug-likeness (QED) is 0.774. The van der Waals surface area contributed by atoms with Gasteiger partial charge in [-0.2, -0.15) is 0 Å². The van der Waals surface area contributed by atoms with Crippen LogP contribution in [0, 0.1) is 0 Å². The van der Waals surface area contributed by atoms with Crippen LogP contribution in [-0.2, 0) is 4.79 Å². The zero-order chi connectivity index (χ0) is 11.6. The minimum Gasteiger partial charge on any atom is -0.324 e. The standard InChI is InChI=1S/C11H14ClN3O/c1-11(4-2-5-14-11)10(16)15-8-3-6-13-9(12)7-8/h3,6-7,14H,2,4-5H2,1H3,(H,13,15,16). The molecule has 0 aromatic carbocycles. The van der Waals surface area contributed by atoms with Crippen molar-refractivity contribution in [2.75, 3.05) is 11.9 Å². The van der Waals surface area contributed by atoms with Gasteiger partial charge in [-0.15, -0.1) is 0 Å². The van der Waals surface area contributed by atoms with Crippen molar-refractivity contribution in [2.45, 2.75) is 25.3 Å². The molecule has 0 spiro atoms. The van der Waals surface area contributed by atoms with Crippen molar-refractivity contribution in [3.8, 4) is 0 Å². The summed E-state index contributed by atoms with van der Waals surface area (Å²) in [5.74, 6) is -0.0210. The Kier molecular flexibility index (Phi) is 3.12. The Morgan fingerprint density at radius 2 is 2.50 bits per heavy atom. The van der Waals surface area contributed by atoms with Crippen molar-refractivity contribution in [3.05, 3.63) is 23.5 Å². The van der Waals surface area contributed by atoms with E-state index in [2.05, 4.69) is 15.6 Å². The molecule has 2 N–H and O–H groups in total. The highest BCUT2D eigenvalue weighted by Crippen LogP contribution is 2.21. The molecule has 2 heterocycles. The van der Waals surface area contributed by atoms with Crippen LogP contribution in [0.4, 0.5) is 5.69 Å². The second-order valence-electron chi connectivity index (χ2n) is 4.18. The molecule has 2 rings (SSSR count). The number of halogens is 1. The summed E-state index contributed by atoms with van der Waals surface area (Å²) in [4.78, 5) is 15.9. The zero-order valence-electron chi connectivity index (χ0n) is 9.09. The van der Waals surface area contributed by atoms with Crippen LogP contribution in [0.5, 0.6) is 0 Å². The van der Waals surface area contributed by atoms with E-state index < -0.39 is 5.54 Å². The highest BCUT2D eigenvalue weighted by Gasteiger charge is 2.35. The van der Waals surface area contributed by atoms with Gasteiger partial charge in [-0.05, 0) is 38.4 Å². The summed E-state index contributed by atoms with van der Waals surface area (Å²) >= 11 is 5.74. The van der Waals surface area contributed by atoms with Crippen molar-refractivity contribution in [2.24, 2.45) is 0 Å². The van der Waals surface area contributed by atoms with E-state index in [9.17, 15) is 4.79 Å². The molecule has 1 unspecified atom stereocenters. The maximum atomic E-state index is 12.0. The molecule has 4 nitrogen and oxygen atoms in total. The number of pyridine rings is 1. The van der Waals surface area contributed by atoms with Gasteiger partial charge in [-0.3, -0.25) is 4.79 Å². The fourth-order valence-electron chi connectivity index (χ4n) is 1.84.